The van der Waals surface area contributed by atoms with Gasteiger partial charge in [-0.1, -0.05) is 77.4 Å². The van der Waals surface area contributed by atoms with E-state index in [0.29, 0.717) is 18.3 Å². The van der Waals surface area contributed by atoms with Crippen LogP contribution in [0.2, 0.25) is 5.15 Å². The molecule has 0 atom stereocenters. The fraction of sp³-hybridized carbons (Fsp3) is 0.111. The highest BCUT2D eigenvalue weighted by Crippen LogP contribution is 2.15. The maximum absolute atomic E-state index is 6.32. The Morgan fingerprint density at radius 1 is 1.00 bits per heavy atom. The molecule has 23 heavy (non-hydrogen) atoms. The van der Waals surface area contributed by atoms with Crippen LogP contribution in [0.3, 0.4) is 0 Å². The van der Waals surface area contributed by atoms with Crippen molar-refractivity contribution in [2.75, 3.05) is 0 Å². The Morgan fingerprint density at radius 2 is 1.65 bits per heavy atom. The van der Waals surface area contributed by atoms with Crippen molar-refractivity contribution in [2.24, 2.45) is 5.16 Å². The molecule has 0 aliphatic heterocycles. The lowest BCUT2D eigenvalue weighted by atomic mass is 10.2. The first-order chi connectivity index (χ1) is 11.3. The molecule has 0 aliphatic rings. The third kappa shape index (κ3) is 4.20. The van der Waals surface area contributed by atoms with Gasteiger partial charge in [0.15, 0.2) is 0 Å². The molecule has 1 heterocycles. The topological polar surface area (TPSA) is 39.4 Å². The average Bonchev–Trinajstić information content (AvgIpc) is 2.94. The van der Waals surface area contributed by atoms with Crippen LogP contribution in [0.5, 0.6) is 0 Å². The fourth-order valence-corrected chi connectivity index (χ4v) is 2.32. The van der Waals surface area contributed by atoms with E-state index in [9.17, 15) is 0 Å². The summed E-state index contributed by atoms with van der Waals surface area (Å²) >= 11 is 6.32. The number of nitrogens with zero attached hydrogens (tertiary/aromatic N) is 3. The molecule has 3 rings (SSSR count). The average molecular weight is 326 g/mol. The Kier molecular flexibility index (Phi) is 5.06. The van der Waals surface area contributed by atoms with E-state index in [1.54, 1.807) is 17.1 Å². The Morgan fingerprint density at radius 3 is 2.35 bits per heavy atom. The van der Waals surface area contributed by atoms with E-state index in [1.165, 1.54) is 0 Å². The molecule has 0 saturated heterocycles. The molecule has 4 nitrogen and oxygen atoms in total. The minimum absolute atomic E-state index is 0.424. The molecule has 0 aliphatic carbocycles. The third-order valence-corrected chi connectivity index (χ3v) is 3.73. The van der Waals surface area contributed by atoms with Crippen molar-refractivity contribution in [1.29, 1.82) is 0 Å². The van der Waals surface area contributed by atoms with Gasteiger partial charge in [-0.05, 0) is 11.1 Å². The smallest absolute Gasteiger partial charge is 0.142 e. The lowest BCUT2D eigenvalue weighted by Crippen LogP contribution is -2.01. The van der Waals surface area contributed by atoms with Gasteiger partial charge in [-0.15, -0.1) is 0 Å². The number of hydrogen-bond acceptors (Lipinski definition) is 3. The minimum Gasteiger partial charge on any atom is -0.391 e. The van der Waals surface area contributed by atoms with Crippen LogP contribution in [0.25, 0.3) is 0 Å². The van der Waals surface area contributed by atoms with Crippen LogP contribution in [0, 0.1) is 0 Å². The molecule has 0 unspecified atom stereocenters. The lowest BCUT2D eigenvalue weighted by Gasteiger charge is -2.03. The highest BCUT2D eigenvalue weighted by molar-refractivity contribution is 6.32. The van der Waals surface area contributed by atoms with Crippen LogP contribution >= 0.6 is 11.6 Å². The van der Waals surface area contributed by atoms with Crippen molar-refractivity contribution >= 4 is 17.8 Å². The van der Waals surface area contributed by atoms with Crippen LogP contribution in [-0.4, -0.2) is 16.0 Å². The maximum atomic E-state index is 6.32. The van der Waals surface area contributed by atoms with Crippen LogP contribution in [-0.2, 0) is 18.0 Å². The van der Waals surface area contributed by atoms with E-state index >= 15 is 0 Å². The van der Waals surface area contributed by atoms with Gasteiger partial charge in [0.05, 0.1) is 24.5 Å². The second-order valence-corrected chi connectivity index (χ2v) is 5.39. The van der Waals surface area contributed by atoms with E-state index < -0.39 is 0 Å². The first kappa shape index (κ1) is 15.3. The van der Waals surface area contributed by atoms with Crippen molar-refractivity contribution in [3.05, 3.63) is 88.7 Å². The molecule has 0 amide bonds. The summed E-state index contributed by atoms with van der Waals surface area (Å²) in [7, 11) is 0. The molecule has 0 radical (unpaired) electrons. The summed E-state index contributed by atoms with van der Waals surface area (Å²) in [6.45, 7) is 1.05. The quantitative estimate of drug-likeness (QED) is 0.505. The van der Waals surface area contributed by atoms with Crippen LogP contribution in [0.4, 0.5) is 0 Å². The number of aromatic nitrogens is 2. The molecule has 0 saturated carbocycles. The number of benzene rings is 2. The van der Waals surface area contributed by atoms with Gasteiger partial charge in [-0.25, -0.2) is 4.68 Å². The van der Waals surface area contributed by atoms with Gasteiger partial charge in [0, 0.05) is 0 Å². The van der Waals surface area contributed by atoms with Gasteiger partial charge in [0.2, 0.25) is 0 Å². The summed E-state index contributed by atoms with van der Waals surface area (Å²) in [6, 6.07) is 19.9. The molecule has 0 spiro atoms. The normalized spacial score (nSPS) is 11.0. The molecular weight excluding hydrogens is 310 g/mol. The van der Waals surface area contributed by atoms with Crippen molar-refractivity contribution in [3.8, 4) is 0 Å². The van der Waals surface area contributed by atoms with Crippen molar-refractivity contribution in [1.82, 2.24) is 9.78 Å². The van der Waals surface area contributed by atoms with Gasteiger partial charge in [-0.3, -0.25) is 0 Å². The number of oxime groups is 1. The number of halogens is 1. The second-order valence-electron chi connectivity index (χ2n) is 5.03. The Balaban J connectivity index is 1.59. The SMILES string of the molecule is Clc1c(/C=N/OCc2ccccc2)cnn1Cc1ccccc1. The largest absolute Gasteiger partial charge is 0.391 e. The van der Waals surface area contributed by atoms with Gasteiger partial charge in [0.25, 0.3) is 0 Å². The monoisotopic (exact) mass is 325 g/mol. The number of rotatable bonds is 6. The highest BCUT2D eigenvalue weighted by Gasteiger charge is 2.07. The predicted molar refractivity (Wildman–Crippen MR) is 91.6 cm³/mol. The molecule has 0 bridgehead atoms. The first-order valence-electron chi connectivity index (χ1n) is 7.27. The Bertz CT molecular complexity index is 769. The fourth-order valence-electron chi connectivity index (χ4n) is 2.12. The van der Waals surface area contributed by atoms with Crippen molar-refractivity contribution in [3.63, 3.8) is 0 Å². The Labute approximate surface area is 140 Å². The van der Waals surface area contributed by atoms with E-state index in [1.807, 2.05) is 60.7 Å². The highest BCUT2D eigenvalue weighted by atomic mass is 35.5. The van der Waals surface area contributed by atoms with E-state index in [0.717, 1.165) is 16.7 Å². The lowest BCUT2D eigenvalue weighted by molar-refractivity contribution is 0.132. The zero-order chi connectivity index (χ0) is 15.9. The molecule has 0 fully saturated rings. The first-order valence-corrected chi connectivity index (χ1v) is 7.65. The van der Waals surface area contributed by atoms with Gasteiger partial charge < -0.3 is 4.84 Å². The van der Waals surface area contributed by atoms with Gasteiger partial charge in [0.1, 0.15) is 11.8 Å². The standard InChI is InChI=1S/C18H16ClN3O/c19-18-17(12-21-23-14-16-9-5-2-6-10-16)11-20-22(18)13-15-7-3-1-4-8-15/h1-12H,13-14H2/b21-12+. The van der Waals surface area contributed by atoms with E-state index in [2.05, 4.69) is 10.3 Å². The van der Waals surface area contributed by atoms with E-state index in [4.69, 9.17) is 16.4 Å². The molecular formula is C18H16ClN3O. The Hall–Kier alpha value is -2.59. The zero-order valence-electron chi connectivity index (χ0n) is 12.5. The third-order valence-electron chi connectivity index (χ3n) is 3.32. The zero-order valence-corrected chi connectivity index (χ0v) is 13.2. The molecule has 116 valence electrons. The minimum atomic E-state index is 0.424. The summed E-state index contributed by atoms with van der Waals surface area (Å²) in [4.78, 5) is 5.28. The molecule has 5 heteroatoms. The van der Waals surface area contributed by atoms with Crippen LogP contribution in [0.1, 0.15) is 16.7 Å². The molecule has 1 aromatic heterocycles. The van der Waals surface area contributed by atoms with Crippen molar-refractivity contribution in [2.45, 2.75) is 13.2 Å². The molecule has 0 N–H and O–H groups in total. The van der Waals surface area contributed by atoms with Crippen LogP contribution in [0.15, 0.2) is 72.0 Å². The van der Waals surface area contributed by atoms with Gasteiger partial charge in [-0.2, -0.15) is 5.10 Å². The summed E-state index contributed by atoms with van der Waals surface area (Å²) in [5, 5.41) is 8.78. The predicted octanol–water partition coefficient (Wildman–Crippen LogP) is 4.14. The van der Waals surface area contributed by atoms with Crippen molar-refractivity contribution < 1.29 is 4.84 Å². The second kappa shape index (κ2) is 7.61. The summed E-state index contributed by atoms with van der Waals surface area (Å²) in [6.07, 6.45) is 3.26. The molecule has 2 aromatic carbocycles. The van der Waals surface area contributed by atoms with E-state index in [-0.39, 0.29) is 0 Å². The summed E-state index contributed by atoms with van der Waals surface area (Å²) in [5.74, 6) is 0. The summed E-state index contributed by atoms with van der Waals surface area (Å²) in [5.41, 5.74) is 2.94. The molecule has 3 aromatic rings. The number of hydrogen-bond donors (Lipinski definition) is 0. The maximum Gasteiger partial charge on any atom is 0.142 e. The van der Waals surface area contributed by atoms with Crippen LogP contribution < -0.4 is 0 Å². The van der Waals surface area contributed by atoms with Gasteiger partial charge >= 0.3 is 0 Å². The summed E-state index contributed by atoms with van der Waals surface area (Å²) < 4.78 is 1.73.